The number of rotatable bonds is 5. The summed E-state index contributed by atoms with van der Waals surface area (Å²) in [6.07, 6.45) is 1.62. The van der Waals surface area contributed by atoms with Crippen molar-refractivity contribution in [2.45, 2.75) is 18.7 Å². The van der Waals surface area contributed by atoms with Crippen LogP contribution in [0.5, 0.6) is 0 Å². The first-order chi connectivity index (χ1) is 14.4. The van der Waals surface area contributed by atoms with E-state index in [1.54, 1.807) is 31.3 Å². The van der Waals surface area contributed by atoms with Gasteiger partial charge in [0.25, 0.3) is 10.0 Å². The van der Waals surface area contributed by atoms with Crippen LogP contribution in [0.4, 0.5) is 0 Å². The number of benzene rings is 3. The maximum absolute atomic E-state index is 13.0. The second-order valence-electron chi connectivity index (χ2n) is 7.35. The zero-order valence-corrected chi connectivity index (χ0v) is 18.1. The molecule has 4 nitrogen and oxygen atoms in total. The van der Waals surface area contributed by atoms with E-state index in [4.69, 9.17) is 0 Å². The average molecular weight is 417 g/mol. The van der Waals surface area contributed by atoms with Crippen molar-refractivity contribution < 1.29 is 8.42 Å². The fourth-order valence-electron chi connectivity index (χ4n) is 3.84. The molecule has 0 radical (unpaired) electrons. The van der Waals surface area contributed by atoms with Gasteiger partial charge in [-0.15, -0.1) is 0 Å². The largest absolute Gasteiger partial charge is 0.347 e. The smallest absolute Gasteiger partial charge is 0.261 e. The van der Waals surface area contributed by atoms with Crippen molar-refractivity contribution in [1.82, 2.24) is 9.29 Å². The van der Waals surface area contributed by atoms with Crippen LogP contribution in [0.2, 0.25) is 0 Å². The van der Waals surface area contributed by atoms with Crippen LogP contribution in [0, 0.1) is 13.8 Å². The minimum Gasteiger partial charge on any atom is -0.347 e. The normalized spacial score (nSPS) is 12.3. The van der Waals surface area contributed by atoms with Crippen LogP contribution in [0.25, 0.3) is 16.5 Å². The van der Waals surface area contributed by atoms with Crippen LogP contribution in [0.15, 0.2) is 90.0 Å². The number of fused-ring (bicyclic) bond motifs is 1. The van der Waals surface area contributed by atoms with Crippen molar-refractivity contribution in [3.63, 3.8) is 0 Å². The van der Waals surface area contributed by atoms with E-state index in [0.29, 0.717) is 5.56 Å². The SMILES string of the molecule is Cc1ccccc1S(=O)(=O)N/C=C(/c1ccccc1)c1c(C)n(C)c2ccccc12. The molecule has 0 unspecified atom stereocenters. The van der Waals surface area contributed by atoms with Gasteiger partial charge in [0.1, 0.15) is 0 Å². The highest BCUT2D eigenvalue weighted by Crippen LogP contribution is 2.34. The predicted molar refractivity (Wildman–Crippen MR) is 123 cm³/mol. The Balaban J connectivity index is 1.90. The van der Waals surface area contributed by atoms with E-state index in [-0.39, 0.29) is 4.90 Å². The third-order valence-corrected chi connectivity index (χ3v) is 6.96. The van der Waals surface area contributed by atoms with Crippen LogP contribution in [-0.2, 0) is 17.1 Å². The van der Waals surface area contributed by atoms with Gasteiger partial charge in [-0.1, -0.05) is 66.7 Å². The first kappa shape index (κ1) is 20.0. The molecular weight excluding hydrogens is 392 g/mol. The zero-order valence-electron chi connectivity index (χ0n) is 17.3. The van der Waals surface area contributed by atoms with Gasteiger partial charge in [-0.2, -0.15) is 0 Å². The third-order valence-electron chi connectivity index (χ3n) is 5.50. The van der Waals surface area contributed by atoms with Gasteiger partial charge < -0.3 is 4.57 Å². The van der Waals surface area contributed by atoms with Gasteiger partial charge >= 0.3 is 0 Å². The van der Waals surface area contributed by atoms with Crippen molar-refractivity contribution in [2.75, 3.05) is 0 Å². The molecule has 5 heteroatoms. The third kappa shape index (κ3) is 3.53. The minimum absolute atomic E-state index is 0.281. The van der Waals surface area contributed by atoms with Crippen LogP contribution in [0.1, 0.15) is 22.4 Å². The standard InChI is InChI=1S/C25H24N2O2S/c1-18-11-7-10-16-24(18)30(28,29)26-17-22(20-12-5-4-6-13-20)25-19(2)27(3)23-15-9-8-14-21(23)25/h4-17,26H,1-3H3/b22-17-. The molecule has 0 aliphatic rings. The number of sulfonamides is 1. The molecule has 1 aromatic heterocycles. The molecule has 4 aromatic rings. The molecule has 0 fully saturated rings. The van der Waals surface area contributed by atoms with Crippen LogP contribution < -0.4 is 4.72 Å². The Bertz CT molecular complexity index is 1350. The topological polar surface area (TPSA) is 51.1 Å². The summed E-state index contributed by atoms with van der Waals surface area (Å²) < 4.78 is 30.9. The van der Waals surface area contributed by atoms with E-state index in [0.717, 1.165) is 33.3 Å². The summed E-state index contributed by atoms with van der Waals surface area (Å²) in [6, 6.07) is 25.0. The highest BCUT2D eigenvalue weighted by atomic mass is 32.2. The van der Waals surface area contributed by atoms with E-state index in [1.807, 2.05) is 55.6 Å². The molecule has 0 saturated heterocycles. The van der Waals surface area contributed by atoms with Gasteiger partial charge in [-0.25, -0.2) is 8.42 Å². The molecule has 1 N–H and O–H groups in total. The van der Waals surface area contributed by atoms with Crippen molar-refractivity contribution in [3.8, 4) is 0 Å². The summed E-state index contributed by atoms with van der Waals surface area (Å²) in [5.41, 5.74) is 5.69. The fraction of sp³-hybridized carbons (Fsp3) is 0.120. The van der Waals surface area contributed by atoms with Crippen LogP contribution >= 0.6 is 0 Å². The Labute approximate surface area is 177 Å². The first-order valence-corrected chi connectivity index (χ1v) is 11.3. The van der Waals surface area contributed by atoms with Gasteiger partial charge in [0, 0.05) is 41.0 Å². The van der Waals surface area contributed by atoms with Crippen molar-refractivity contribution in [3.05, 3.63) is 107 Å². The quantitative estimate of drug-likeness (QED) is 0.488. The van der Waals surface area contributed by atoms with Crippen LogP contribution in [0.3, 0.4) is 0 Å². The van der Waals surface area contributed by atoms with E-state index in [9.17, 15) is 8.42 Å². The van der Waals surface area contributed by atoms with Crippen molar-refractivity contribution in [1.29, 1.82) is 0 Å². The molecule has 0 saturated carbocycles. The molecule has 1 heterocycles. The van der Waals surface area contributed by atoms with Gasteiger partial charge in [0.15, 0.2) is 0 Å². The number of hydrogen-bond donors (Lipinski definition) is 1. The lowest BCUT2D eigenvalue weighted by Gasteiger charge is -2.12. The second-order valence-corrected chi connectivity index (χ2v) is 9.03. The Kier molecular flexibility index (Phi) is 5.22. The molecule has 0 spiro atoms. The highest BCUT2D eigenvalue weighted by Gasteiger charge is 2.19. The van der Waals surface area contributed by atoms with Gasteiger partial charge in [0.05, 0.1) is 4.90 Å². The molecule has 152 valence electrons. The van der Waals surface area contributed by atoms with Gasteiger partial charge in [0.2, 0.25) is 0 Å². The molecule has 0 aliphatic heterocycles. The van der Waals surface area contributed by atoms with E-state index in [2.05, 4.69) is 28.3 Å². The molecule has 0 amide bonds. The lowest BCUT2D eigenvalue weighted by atomic mass is 9.96. The molecule has 30 heavy (non-hydrogen) atoms. The van der Waals surface area contributed by atoms with Gasteiger partial charge in [-0.05, 0) is 37.1 Å². The van der Waals surface area contributed by atoms with Gasteiger partial charge in [-0.3, -0.25) is 4.72 Å². The number of nitrogens with zero attached hydrogens (tertiary/aromatic N) is 1. The summed E-state index contributed by atoms with van der Waals surface area (Å²) in [4.78, 5) is 0.281. The van der Waals surface area contributed by atoms with Crippen molar-refractivity contribution in [2.24, 2.45) is 7.05 Å². The van der Waals surface area contributed by atoms with E-state index >= 15 is 0 Å². The number of para-hydroxylation sites is 1. The average Bonchev–Trinajstić information content (AvgIpc) is 3.00. The summed E-state index contributed by atoms with van der Waals surface area (Å²) in [5, 5.41) is 1.09. The molecule has 0 bridgehead atoms. The summed E-state index contributed by atoms with van der Waals surface area (Å²) in [7, 11) is -1.67. The first-order valence-electron chi connectivity index (χ1n) is 9.78. The lowest BCUT2D eigenvalue weighted by molar-refractivity contribution is 0.590. The maximum atomic E-state index is 13.0. The Morgan fingerprint density at radius 3 is 2.23 bits per heavy atom. The summed E-state index contributed by atoms with van der Waals surface area (Å²) in [6.45, 7) is 3.85. The number of aromatic nitrogens is 1. The van der Waals surface area contributed by atoms with Crippen molar-refractivity contribution >= 4 is 26.5 Å². The van der Waals surface area contributed by atoms with Crippen LogP contribution in [-0.4, -0.2) is 13.0 Å². The molecule has 0 aliphatic carbocycles. The zero-order chi connectivity index (χ0) is 21.3. The molecule has 0 atom stereocenters. The Morgan fingerprint density at radius 1 is 0.867 bits per heavy atom. The number of nitrogens with one attached hydrogen (secondary N) is 1. The number of hydrogen-bond acceptors (Lipinski definition) is 2. The highest BCUT2D eigenvalue weighted by molar-refractivity contribution is 7.89. The summed E-state index contributed by atoms with van der Waals surface area (Å²) in [5.74, 6) is 0. The monoisotopic (exact) mass is 416 g/mol. The minimum atomic E-state index is -3.69. The van der Waals surface area contributed by atoms with E-state index in [1.165, 1.54) is 0 Å². The fourth-order valence-corrected chi connectivity index (χ4v) is 4.99. The van der Waals surface area contributed by atoms with E-state index < -0.39 is 10.0 Å². The molecule has 4 rings (SSSR count). The number of aryl methyl sites for hydroxylation is 2. The molecule has 3 aromatic carbocycles. The summed E-state index contributed by atoms with van der Waals surface area (Å²) >= 11 is 0. The Hall–Kier alpha value is -3.31. The second kappa shape index (κ2) is 7.84. The predicted octanol–water partition coefficient (Wildman–Crippen LogP) is 5.16. The molecular formula is C25H24N2O2S. The Morgan fingerprint density at radius 2 is 1.50 bits per heavy atom. The lowest BCUT2D eigenvalue weighted by Crippen LogP contribution is -2.19. The maximum Gasteiger partial charge on any atom is 0.261 e.